The number of imide groups is 1. The number of ether oxygens (including phenoxy) is 2. The molecule has 0 aliphatic carbocycles. The molecule has 1 fully saturated rings. The van der Waals surface area contributed by atoms with Gasteiger partial charge in [-0.25, -0.2) is 0 Å². The molecule has 0 atom stereocenters. The summed E-state index contributed by atoms with van der Waals surface area (Å²) in [6, 6.07) is 25.6. The van der Waals surface area contributed by atoms with E-state index in [0.29, 0.717) is 30.3 Å². The van der Waals surface area contributed by atoms with Crippen LogP contribution in [0.4, 0.5) is 10.5 Å². The van der Waals surface area contributed by atoms with E-state index >= 15 is 0 Å². The first kappa shape index (κ1) is 26.0. The van der Waals surface area contributed by atoms with Gasteiger partial charge in [-0.05, 0) is 58.8 Å². The molecule has 4 aromatic rings. The van der Waals surface area contributed by atoms with Gasteiger partial charge < -0.3 is 9.47 Å². The first-order valence-corrected chi connectivity index (χ1v) is 13.1. The number of carbonyl (C=O) groups excluding carboxylic acids is 2. The van der Waals surface area contributed by atoms with Crippen LogP contribution in [0.1, 0.15) is 23.6 Å². The van der Waals surface area contributed by atoms with Crippen LogP contribution in [0.3, 0.4) is 0 Å². The lowest BCUT2D eigenvalue weighted by Crippen LogP contribution is -2.27. The van der Waals surface area contributed by atoms with E-state index in [-0.39, 0.29) is 22.7 Å². The Kier molecular flexibility index (Phi) is 7.60. The lowest BCUT2D eigenvalue weighted by Gasteiger charge is -2.14. The van der Waals surface area contributed by atoms with Crippen LogP contribution in [0.25, 0.3) is 16.8 Å². The van der Waals surface area contributed by atoms with Gasteiger partial charge in [0.25, 0.3) is 16.8 Å². The molecule has 9 heteroatoms. The summed E-state index contributed by atoms with van der Waals surface area (Å²) in [6.45, 7) is 2.46. The Hall–Kier alpha value is -4.63. The van der Waals surface area contributed by atoms with Gasteiger partial charge in [0.15, 0.2) is 11.5 Å². The highest BCUT2D eigenvalue weighted by Crippen LogP contribution is 2.36. The fraction of sp³-hybridized carbons (Fsp3) is 0.133. The fourth-order valence-corrected chi connectivity index (χ4v) is 5.19. The van der Waals surface area contributed by atoms with E-state index in [1.807, 2.05) is 31.2 Å². The van der Waals surface area contributed by atoms with Crippen LogP contribution in [0.2, 0.25) is 0 Å². The molecule has 0 aromatic heterocycles. The Morgan fingerprint density at radius 3 is 2.46 bits per heavy atom. The second-order valence-electron chi connectivity index (χ2n) is 8.72. The Morgan fingerprint density at radius 2 is 1.64 bits per heavy atom. The molecule has 0 radical (unpaired) electrons. The van der Waals surface area contributed by atoms with Crippen LogP contribution < -0.4 is 9.47 Å². The van der Waals surface area contributed by atoms with Gasteiger partial charge in [0.05, 0.1) is 23.0 Å². The Balaban J connectivity index is 1.35. The first-order chi connectivity index (χ1) is 18.9. The van der Waals surface area contributed by atoms with Crippen molar-refractivity contribution in [2.75, 3.05) is 6.61 Å². The molecule has 0 saturated carbocycles. The Bertz CT molecular complexity index is 1610. The van der Waals surface area contributed by atoms with Crippen molar-refractivity contribution < 1.29 is 24.0 Å². The second-order valence-corrected chi connectivity index (χ2v) is 9.71. The van der Waals surface area contributed by atoms with Crippen molar-refractivity contribution in [3.8, 4) is 11.5 Å². The van der Waals surface area contributed by atoms with E-state index in [0.717, 1.165) is 33.0 Å². The number of rotatable bonds is 9. The number of nitro groups is 1. The molecule has 5 rings (SSSR count). The number of fused-ring (bicyclic) bond motifs is 1. The lowest BCUT2D eigenvalue weighted by atomic mass is 10.1. The Labute approximate surface area is 229 Å². The summed E-state index contributed by atoms with van der Waals surface area (Å²) in [4.78, 5) is 37.7. The zero-order chi connectivity index (χ0) is 27.4. The highest BCUT2D eigenvalue weighted by molar-refractivity contribution is 8.18. The molecule has 1 heterocycles. The summed E-state index contributed by atoms with van der Waals surface area (Å²) in [7, 11) is 0. The van der Waals surface area contributed by atoms with Gasteiger partial charge in [-0.15, -0.1) is 0 Å². The van der Waals surface area contributed by atoms with Gasteiger partial charge in [0.1, 0.15) is 6.61 Å². The summed E-state index contributed by atoms with van der Waals surface area (Å²) in [5, 5.41) is 13.1. The molecular formula is C30H24N2O6S. The third kappa shape index (κ3) is 5.63. The standard InChI is InChI=1S/C30H24N2O6S/c1-2-37-27-16-20(14-15-26(27)38-19-23-11-7-10-21-8-3-5-12-24(21)23)17-28-29(33)31(30(34)39-28)18-22-9-4-6-13-25(22)32(35)36/h3-17H,2,18-19H2,1H3/b28-17-. The van der Waals surface area contributed by atoms with E-state index in [2.05, 4.69) is 18.2 Å². The maximum atomic E-state index is 13.0. The van der Waals surface area contributed by atoms with E-state index in [9.17, 15) is 19.7 Å². The number of amides is 2. The van der Waals surface area contributed by atoms with Crippen LogP contribution in [-0.2, 0) is 17.9 Å². The van der Waals surface area contributed by atoms with Gasteiger partial charge in [-0.3, -0.25) is 24.6 Å². The molecule has 196 valence electrons. The maximum absolute atomic E-state index is 13.0. The number of nitro benzene ring substituents is 1. The smallest absolute Gasteiger partial charge is 0.293 e. The number of hydrogen-bond acceptors (Lipinski definition) is 7. The molecule has 4 aromatic carbocycles. The minimum atomic E-state index is -0.524. The number of thioether (sulfide) groups is 1. The molecule has 0 N–H and O–H groups in total. The number of carbonyl (C=O) groups is 2. The fourth-order valence-electron chi connectivity index (χ4n) is 4.36. The molecule has 0 spiro atoms. The number of para-hydroxylation sites is 1. The number of nitrogens with zero attached hydrogens (tertiary/aromatic N) is 2. The third-order valence-corrected chi connectivity index (χ3v) is 7.13. The van der Waals surface area contributed by atoms with E-state index in [1.54, 1.807) is 36.4 Å². The summed E-state index contributed by atoms with van der Waals surface area (Å²) >= 11 is 0.799. The molecular weight excluding hydrogens is 516 g/mol. The normalized spacial score (nSPS) is 14.3. The summed E-state index contributed by atoms with van der Waals surface area (Å²) in [5.74, 6) is 0.578. The van der Waals surface area contributed by atoms with Crippen molar-refractivity contribution in [1.82, 2.24) is 4.90 Å². The monoisotopic (exact) mass is 540 g/mol. The van der Waals surface area contributed by atoms with Gasteiger partial charge >= 0.3 is 0 Å². The van der Waals surface area contributed by atoms with Crippen LogP contribution in [0.5, 0.6) is 11.5 Å². The minimum Gasteiger partial charge on any atom is -0.490 e. The summed E-state index contributed by atoms with van der Waals surface area (Å²) in [6.07, 6.45) is 1.61. The van der Waals surface area contributed by atoms with E-state index < -0.39 is 16.1 Å². The van der Waals surface area contributed by atoms with Crippen molar-refractivity contribution in [3.05, 3.63) is 117 Å². The third-order valence-electron chi connectivity index (χ3n) is 6.22. The van der Waals surface area contributed by atoms with Crippen LogP contribution in [-0.4, -0.2) is 27.6 Å². The number of hydrogen-bond donors (Lipinski definition) is 0. The first-order valence-electron chi connectivity index (χ1n) is 12.3. The predicted octanol–water partition coefficient (Wildman–Crippen LogP) is 6.96. The van der Waals surface area contributed by atoms with Gasteiger partial charge in [0, 0.05) is 11.6 Å². The van der Waals surface area contributed by atoms with Crippen molar-refractivity contribution in [3.63, 3.8) is 0 Å². The topological polar surface area (TPSA) is 99.0 Å². The van der Waals surface area contributed by atoms with Crippen LogP contribution in [0, 0.1) is 10.1 Å². The van der Waals surface area contributed by atoms with Crippen molar-refractivity contribution in [2.24, 2.45) is 0 Å². The molecule has 2 amide bonds. The zero-order valence-electron chi connectivity index (χ0n) is 21.0. The Morgan fingerprint density at radius 1 is 0.897 bits per heavy atom. The van der Waals surface area contributed by atoms with Crippen molar-refractivity contribution in [2.45, 2.75) is 20.1 Å². The molecule has 0 bridgehead atoms. The van der Waals surface area contributed by atoms with Gasteiger partial charge in [0.2, 0.25) is 0 Å². The average Bonchev–Trinajstić information content (AvgIpc) is 3.20. The van der Waals surface area contributed by atoms with Gasteiger partial charge in [-0.1, -0.05) is 66.7 Å². The minimum absolute atomic E-state index is 0.138. The molecule has 39 heavy (non-hydrogen) atoms. The van der Waals surface area contributed by atoms with Crippen molar-refractivity contribution >= 4 is 45.4 Å². The summed E-state index contributed by atoms with van der Waals surface area (Å²) in [5.41, 5.74) is 1.86. The number of benzene rings is 4. The van der Waals surface area contributed by atoms with E-state index in [1.165, 1.54) is 12.1 Å². The largest absolute Gasteiger partial charge is 0.490 e. The van der Waals surface area contributed by atoms with E-state index in [4.69, 9.17) is 9.47 Å². The van der Waals surface area contributed by atoms with Crippen LogP contribution >= 0.6 is 11.8 Å². The molecule has 8 nitrogen and oxygen atoms in total. The SMILES string of the molecule is CCOc1cc(/C=C2\SC(=O)N(Cc3ccccc3[N+](=O)[O-])C2=O)ccc1OCc1cccc2ccccc12. The van der Waals surface area contributed by atoms with Crippen LogP contribution in [0.15, 0.2) is 89.8 Å². The van der Waals surface area contributed by atoms with Gasteiger partial charge in [-0.2, -0.15) is 0 Å². The highest BCUT2D eigenvalue weighted by Gasteiger charge is 2.36. The highest BCUT2D eigenvalue weighted by atomic mass is 32.2. The molecule has 0 unspecified atom stereocenters. The second kappa shape index (κ2) is 11.4. The maximum Gasteiger partial charge on any atom is 0.293 e. The predicted molar refractivity (Wildman–Crippen MR) is 151 cm³/mol. The average molecular weight is 541 g/mol. The molecule has 1 aliphatic heterocycles. The lowest BCUT2D eigenvalue weighted by molar-refractivity contribution is -0.385. The quantitative estimate of drug-likeness (QED) is 0.128. The van der Waals surface area contributed by atoms with Crippen molar-refractivity contribution in [1.29, 1.82) is 0 Å². The zero-order valence-corrected chi connectivity index (χ0v) is 21.9. The molecule has 1 aliphatic rings. The molecule has 1 saturated heterocycles. The summed E-state index contributed by atoms with van der Waals surface area (Å²) < 4.78 is 11.9.